The maximum Gasteiger partial charge on any atom is 0.326 e. The molecule has 0 radical (unpaired) electrons. The van der Waals surface area contributed by atoms with Crippen LogP contribution in [0, 0.1) is 13.8 Å². The Hall–Kier alpha value is -3.42. The van der Waals surface area contributed by atoms with Gasteiger partial charge in [-0.1, -0.05) is 6.07 Å². The van der Waals surface area contributed by atoms with E-state index in [0.717, 1.165) is 28.4 Å². The van der Waals surface area contributed by atoms with Gasteiger partial charge in [0.1, 0.15) is 29.5 Å². The van der Waals surface area contributed by atoms with Gasteiger partial charge in [0.25, 0.3) is 0 Å². The normalized spacial score (nSPS) is 11.3. The molecule has 0 aliphatic heterocycles. The Balaban J connectivity index is 1.79. The molecule has 0 fully saturated rings. The predicted molar refractivity (Wildman–Crippen MR) is 124 cm³/mol. The standard InChI is InChI=1S/C24H31N5O3/c1-16-10-22(28(6)14-23(30)32-24(3,4)5)27-21(26-16)12-18-8-9-19(20(11-18)31-7)29-13-17(2)25-15-29/h8-11,13,15H,12,14H2,1-7H3. The minimum atomic E-state index is -0.523. The lowest BCUT2D eigenvalue weighted by Gasteiger charge is -2.23. The molecule has 0 aliphatic carbocycles. The highest BCUT2D eigenvalue weighted by molar-refractivity contribution is 5.75. The number of hydrogen-bond acceptors (Lipinski definition) is 7. The first-order valence-electron chi connectivity index (χ1n) is 10.5. The monoisotopic (exact) mass is 437 g/mol. The van der Waals surface area contributed by atoms with Crippen LogP contribution < -0.4 is 9.64 Å². The van der Waals surface area contributed by atoms with Crippen LogP contribution >= 0.6 is 0 Å². The summed E-state index contributed by atoms with van der Waals surface area (Å²) in [6.07, 6.45) is 4.26. The Morgan fingerprint density at radius 2 is 1.88 bits per heavy atom. The SMILES string of the molecule is COc1cc(Cc2nc(C)cc(N(C)CC(=O)OC(C)(C)C)n2)ccc1-n1cnc(C)c1. The van der Waals surface area contributed by atoms with Crippen LogP contribution in [0.5, 0.6) is 5.75 Å². The van der Waals surface area contributed by atoms with Crippen molar-refractivity contribution in [1.82, 2.24) is 19.5 Å². The number of ether oxygens (including phenoxy) is 2. The minimum absolute atomic E-state index is 0.111. The molecule has 2 heterocycles. The molecule has 0 atom stereocenters. The molecule has 0 aliphatic rings. The van der Waals surface area contributed by atoms with Gasteiger partial charge in [-0.05, 0) is 52.3 Å². The van der Waals surface area contributed by atoms with Crippen LogP contribution in [-0.2, 0) is 16.0 Å². The van der Waals surface area contributed by atoms with Gasteiger partial charge in [-0.3, -0.25) is 4.79 Å². The number of benzene rings is 1. The molecule has 0 unspecified atom stereocenters. The Kier molecular flexibility index (Phi) is 6.81. The number of aromatic nitrogens is 4. The van der Waals surface area contributed by atoms with E-state index in [1.165, 1.54) is 0 Å². The summed E-state index contributed by atoms with van der Waals surface area (Å²) in [5, 5.41) is 0. The van der Waals surface area contributed by atoms with Crippen molar-refractivity contribution < 1.29 is 14.3 Å². The van der Waals surface area contributed by atoms with Gasteiger partial charge in [-0.15, -0.1) is 0 Å². The number of likely N-dealkylation sites (N-methyl/N-ethyl adjacent to an activating group) is 1. The van der Waals surface area contributed by atoms with Gasteiger partial charge in [-0.25, -0.2) is 15.0 Å². The van der Waals surface area contributed by atoms with Crippen molar-refractivity contribution in [3.05, 3.63) is 59.6 Å². The lowest BCUT2D eigenvalue weighted by Crippen LogP contribution is -2.33. The molecule has 8 heteroatoms. The molecule has 1 aromatic carbocycles. The van der Waals surface area contributed by atoms with Crippen LogP contribution in [0.2, 0.25) is 0 Å². The maximum absolute atomic E-state index is 12.2. The van der Waals surface area contributed by atoms with Crippen LogP contribution in [0.3, 0.4) is 0 Å². The van der Waals surface area contributed by atoms with Gasteiger partial charge in [0.2, 0.25) is 0 Å². The van der Waals surface area contributed by atoms with Crippen molar-refractivity contribution in [1.29, 1.82) is 0 Å². The first kappa shape index (κ1) is 23.2. The molecule has 0 bridgehead atoms. The molecule has 0 saturated carbocycles. The summed E-state index contributed by atoms with van der Waals surface area (Å²) in [7, 11) is 3.47. The molecule has 0 spiro atoms. The highest BCUT2D eigenvalue weighted by Crippen LogP contribution is 2.25. The second kappa shape index (κ2) is 9.38. The van der Waals surface area contributed by atoms with E-state index in [1.54, 1.807) is 18.3 Å². The van der Waals surface area contributed by atoms with Crippen LogP contribution in [0.15, 0.2) is 36.8 Å². The van der Waals surface area contributed by atoms with Crippen LogP contribution in [0.4, 0.5) is 5.82 Å². The van der Waals surface area contributed by atoms with Gasteiger partial charge >= 0.3 is 5.97 Å². The summed E-state index contributed by atoms with van der Waals surface area (Å²) < 4.78 is 13.0. The summed E-state index contributed by atoms with van der Waals surface area (Å²) >= 11 is 0. The van der Waals surface area contributed by atoms with Crippen molar-refractivity contribution in [2.45, 2.75) is 46.6 Å². The largest absolute Gasteiger partial charge is 0.495 e. The van der Waals surface area contributed by atoms with Gasteiger partial charge in [0.15, 0.2) is 0 Å². The van der Waals surface area contributed by atoms with E-state index in [-0.39, 0.29) is 12.5 Å². The molecular weight excluding hydrogens is 406 g/mol. The predicted octanol–water partition coefficient (Wildman–Crippen LogP) is 3.66. The van der Waals surface area contributed by atoms with Gasteiger partial charge < -0.3 is 18.9 Å². The Morgan fingerprint density at radius 3 is 2.50 bits per heavy atom. The summed E-state index contributed by atoms with van der Waals surface area (Å²) in [5.74, 6) is 1.79. The Labute approximate surface area is 189 Å². The number of rotatable bonds is 7. The number of imidazole rings is 1. The number of aryl methyl sites for hydroxylation is 2. The summed E-state index contributed by atoms with van der Waals surface area (Å²) in [5.41, 5.74) is 3.19. The number of carbonyl (C=O) groups is 1. The molecule has 8 nitrogen and oxygen atoms in total. The fourth-order valence-corrected chi connectivity index (χ4v) is 3.32. The maximum atomic E-state index is 12.2. The number of hydrogen-bond donors (Lipinski definition) is 0. The van der Waals surface area contributed by atoms with Crippen molar-refractivity contribution in [3.8, 4) is 11.4 Å². The fraction of sp³-hybridized carbons (Fsp3) is 0.417. The molecular formula is C24H31N5O3. The molecule has 32 heavy (non-hydrogen) atoms. The van der Waals surface area contributed by atoms with Gasteiger partial charge in [-0.2, -0.15) is 0 Å². The number of carbonyl (C=O) groups excluding carboxylic acids is 1. The van der Waals surface area contributed by atoms with Crippen LogP contribution in [0.1, 0.15) is 43.5 Å². The van der Waals surface area contributed by atoms with E-state index in [2.05, 4.69) is 15.0 Å². The van der Waals surface area contributed by atoms with E-state index in [0.29, 0.717) is 18.1 Å². The topological polar surface area (TPSA) is 82.4 Å². The smallest absolute Gasteiger partial charge is 0.326 e. The first-order valence-corrected chi connectivity index (χ1v) is 10.5. The fourth-order valence-electron chi connectivity index (χ4n) is 3.32. The van der Waals surface area contributed by atoms with Crippen molar-refractivity contribution >= 4 is 11.8 Å². The summed E-state index contributed by atoms with van der Waals surface area (Å²) in [4.78, 5) is 27.5. The molecule has 2 aromatic heterocycles. The molecule has 0 N–H and O–H groups in total. The zero-order valence-corrected chi connectivity index (χ0v) is 19.8. The number of nitrogens with zero attached hydrogens (tertiary/aromatic N) is 5. The molecule has 0 saturated heterocycles. The molecule has 170 valence electrons. The average molecular weight is 438 g/mol. The number of anilines is 1. The second-order valence-electron chi connectivity index (χ2n) is 8.83. The highest BCUT2D eigenvalue weighted by Gasteiger charge is 2.19. The van der Waals surface area contributed by atoms with Crippen LogP contribution in [0.25, 0.3) is 5.69 Å². The summed E-state index contributed by atoms with van der Waals surface area (Å²) in [6.45, 7) is 9.53. The van der Waals surface area contributed by atoms with Crippen molar-refractivity contribution in [2.24, 2.45) is 0 Å². The lowest BCUT2D eigenvalue weighted by molar-refractivity contribution is -0.152. The third-order valence-corrected chi connectivity index (χ3v) is 4.66. The number of methoxy groups -OCH3 is 1. The molecule has 0 amide bonds. The molecule has 3 rings (SSSR count). The Morgan fingerprint density at radius 1 is 1.12 bits per heavy atom. The first-order chi connectivity index (χ1) is 15.0. The average Bonchev–Trinajstić information content (AvgIpc) is 3.12. The van der Waals surface area contributed by atoms with Crippen molar-refractivity contribution in [2.75, 3.05) is 25.6 Å². The van der Waals surface area contributed by atoms with Crippen LogP contribution in [-0.4, -0.2) is 51.8 Å². The second-order valence-corrected chi connectivity index (χ2v) is 8.83. The highest BCUT2D eigenvalue weighted by atomic mass is 16.6. The minimum Gasteiger partial charge on any atom is -0.495 e. The Bertz CT molecular complexity index is 1100. The number of esters is 1. The summed E-state index contributed by atoms with van der Waals surface area (Å²) in [6, 6.07) is 7.88. The van der Waals surface area contributed by atoms with E-state index in [4.69, 9.17) is 9.47 Å². The van der Waals surface area contributed by atoms with Crippen molar-refractivity contribution in [3.63, 3.8) is 0 Å². The van der Waals surface area contributed by atoms with E-state index in [9.17, 15) is 4.79 Å². The zero-order chi connectivity index (χ0) is 23.5. The third-order valence-electron chi connectivity index (χ3n) is 4.66. The third kappa shape index (κ3) is 6.06. The van der Waals surface area contributed by atoms with Gasteiger partial charge in [0, 0.05) is 31.4 Å². The van der Waals surface area contributed by atoms with E-state index >= 15 is 0 Å². The zero-order valence-electron chi connectivity index (χ0n) is 19.8. The molecule has 3 aromatic rings. The van der Waals surface area contributed by atoms with E-state index < -0.39 is 5.60 Å². The van der Waals surface area contributed by atoms with Gasteiger partial charge in [0.05, 0.1) is 24.8 Å². The lowest BCUT2D eigenvalue weighted by atomic mass is 10.1. The van der Waals surface area contributed by atoms with E-state index in [1.807, 2.05) is 76.7 Å². The quantitative estimate of drug-likeness (QED) is 0.522.